The molecule has 0 spiro atoms. The lowest BCUT2D eigenvalue weighted by Gasteiger charge is -2.24. The van der Waals surface area contributed by atoms with Gasteiger partial charge in [0.1, 0.15) is 0 Å². The van der Waals surface area contributed by atoms with E-state index in [1.54, 1.807) is 0 Å². The van der Waals surface area contributed by atoms with Crippen molar-refractivity contribution in [3.63, 3.8) is 0 Å². The van der Waals surface area contributed by atoms with Crippen LogP contribution in [0.25, 0.3) is 0 Å². The van der Waals surface area contributed by atoms with Crippen molar-refractivity contribution in [1.29, 1.82) is 0 Å². The van der Waals surface area contributed by atoms with Gasteiger partial charge in [0.15, 0.2) is 0 Å². The monoisotopic (exact) mass is 231 g/mol. The molecule has 0 aromatic rings. The molecule has 2 atom stereocenters. The van der Waals surface area contributed by atoms with Gasteiger partial charge >= 0.3 is 0 Å². The Bertz CT molecular complexity index is 225. The maximum absolute atomic E-state index is 11.2. The van der Waals surface area contributed by atoms with Crippen LogP contribution in [-0.2, 0) is 10.8 Å². The molecule has 1 saturated heterocycles. The molecule has 2 aliphatic rings. The Kier molecular flexibility index (Phi) is 4.17. The van der Waals surface area contributed by atoms with E-state index in [2.05, 4.69) is 5.32 Å². The summed E-state index contributed by atoms with van der Waals surface area (Å²) in [5.74, 6) is 2.39. The molecule has 1 aliphatic carbocycles. The van der Waals surface area contributed by atoms with Crippen molar-refractivity contribution in [2.45, 2.75) is 44.2 Å². The highest BCUT2D eigenvalue weighted by molar-refractivity contribution is 7.85. The molecule has 1 aliphatic heterocycles. The minimum absolute atomic E-state index is 0.0596. The predicted octanol–water partition coefficient (Wildman–Crippen LogP) is 0.648. The summed E-state index contributed by atoms with van der Waals surface area (Å²) in [4.78, 5) is 0. The van der Waals surface area contributed by atoms with Gasteiger partial charge in [-0.05, 0) is 44.6 Å². The van der Waals surface area contributed by atoms with Crippen molar-refractivity contribution in [1.82, 2.24) is 5.32 Å². The van der Waals surface area contributed by atoms with Crippen LogP contribution in [0.15, 0.2) is 0 Å². The number of nitrogens with one attached hydrogen (secondary N) is 1. The van der Waals surface area contributed by atoms with Gasteiger partial charge in [0.25, 0.3) is 0 Å². The molecular weight excluding hydrogens is 210 g/mol. The summed E-state index contributed by atoms with van der Waals surface area (Å²) >= 11 is 0. The summed E-state index contributed by atoms with van der Waals surface area (Å²) < 4.78 is 11.2. The maximum atomic E-state index is 11.2. The molecule has 1 saturated carbocycles. The topological polar surface area (TPSA) is 49.3 Å². The van der Waals surface area contributed by atoms with E-state index < -0.39 is 10.8 Å². The summed E-state index contributed by atoms with van der Waals surface area (Å²) in [6.45, 7) is 1.04. The van der Waals surface area contributed by atoms with Crippen LogP contribution in [0, 0.1) is 5.92 Å². The summed E-state index contributed by atoms with van der Waals surface area (Å²) in [6.07, 6.45) is 5.15. The Morgan fingerprint density at radius 1 is 1.20 bits per heavy atom. The minimum atomic E-state index is -0.552. The lowest BCUT2D eigenvalue weighted by atomic mass is 10.1. The fourth-order valence-corrected chi connectivity index (χ4v) is 3.86. The highest BCUT2D eigenvalue weighted by Crippen LogP contribution is 2.25. The van der Waals surface area contributed by atoms with Crippen LogP contribution in [0.4, 0.5) is 0 Å². The predicted molar refractivity (Wildman–Crippen MR) is 62.2 cm³/mol. The van der Waals surface area contributed by atoms with E-state index in [0.717, 1.165) is 50.2 Å². The molecule has 2 N–H and O–H groups in total. The van der Waals surface area contributed by atoms with Crippen LogP contribution in [0.5, 0.6) is 0 Å². The van der Waals surface area contributed by atoms with Gasteiger partial charge in [-0.25, -0.2) is 0 Å². The van der Waals surface area contributed by atoms with Crippen LogP contribution < -0.4 is 5.32 Å². The van der Waals surface area contributed by atoms with Gasteiger partial charge in [-0.15, -0.1) is 0 Å². The van der Waals surface area contributed by atoms with Crippen molar-refractivity contribution < 1.29 is 9.32 Å². The zero-order valence-corrected chi connectivity index (χ0v) is 9.97. The number of aliphatic hydroxyl groups excluding tert-OH is 1. The third-order valence-corrected chi connectivity index (χ3v) is 4.98. The van der Waals surface area contributed by atoms with Gasteiger partial charge in [-0.1, -0.05) is 0 Å². The molecule has 0 aromatic carbocycles. The van der Waals surface area contributed by atoms with E-state index in [4.69, 9.17) is 0 Å². The molecular formula is C11H21NO2S. The highest BCUT2D eigenvalue weighted by atomic mass is 32.2. The Labute approximate surface area is 94.1 Å². The van der Waals surface area contributed by atoms with E-state index in [1.165, 1.54) is 0 Å². The Hall–Kier alpha value is 0.0700. The van der Waals surface area contributed by atoms with Crippen LogP contribution in [0.1, 0.15) is 32.1 Å². The first-order valence-electron chi connectivity index (χ1n) is 6.00. The van der Waals surface area contributed by atoms with Crippen molar-refractivity contribution in [2.75, 3.05) is 18.1 Å². The van der Waals surface area contributed by atoms with Crippen molar-refractivity contribution in [3.8, 4) is 0 Å². The lowest BCUT2D eigenvalue weighted by molar-refractivity contribution is 0.177. The Balaban J connectivity index is 1.63. The smallest absolute Gasteiger partial charge is 0.0543 e. The molecule has 2 fully saturated rings. The first kappa shape index (κ1) is 11.6. The molecule has 0 amide bonds. The van der Waals surface area contributed by atoms with E-state index in [9.17, 15) is 9.32 Å². The molecule has 2 unspecified atom stereocenters. The summed E-state index contributed by atoms with van der Waals surface area (Å²) in [7, 11) is -0.552. The van der Waals surface area contributed by atoms with Crippen molar-refractivity contribution in [2.24, 2.45) is 5.92 Å². The number of hydrogen-bond acceptors (Lipinski definition) is 3. The number of aliphatic hydroxyl groups is 1. The second kappa shape index (κ2) is 5.41. The van der Waals surface area contributed by atoms with E-state index >= 15 is 0 Å². The average Bonchev–Trinajstić information content (AvgIpc) is 2.64. The van der Waals surface area contributed by atoms with Gasteiger partial charge in [0, 0.05) is 28.3 Å². The fourth-order valence-electron chi connectivity index (χ4n) is 2.57. The summed E-state index contributed by atoms with van der Waals surface area (Å²) in [5, 5.41) is 13.0. The summed E-state index contributed by atoms with van der Waals surface area (Å²) in [6, 6.07) is 0.570. The molecule has 4 heteroatoms. The highest BCUT2D eigenvalue weighted by Gasteiger charge is 2.24. The van der Waals surface area contributed by atoms with E-state index in [1.807, 2.05) is 0 Å². The third kappa shape index (κ3) is 3.54. The van der Waals surface area contributed by atoms with Gasteiger partial charge in [0.05, 0.1) is 6.10 Å². The normalized spacial score (nSPS) is 41.9. The molecule has 3 nitrogen and oxygen atoms in total. The minimum Gasteiger partial charge on any atom is -0.393 e. The zero-order chi connectivity index (χ0) is 10.7. The fraction of sp³-hybridized carbons (Fsp3) is 1.00. The summed E-state index contributed by atoms with van der Waals surface area (Å²) in [5.41, 5.74) is 0. The number of hydrogen-bond donors (Lipinski definition) is 2. The van der Waals surface area contributed by atoms with Gasteiger partial charge in [0.2, 0.25) is 0 Å². The molecule has 0 aromatic heterocycles. The standard InChI is InChI=1S/C11H21NO2S/c13-11-2-1-9(7-11)8-12-10-3-5-15(14)6-4-10/h9-13H,1-8H2. The molecule has 15 heavy (non-hydrogen) atoms. The van der Waals surface area contributed by atoms with Gasteiger partial charge in [-0.3, -0.25) is 4.21 Å². The largest absolute Gasteiger partial charge is 0.393 e. The first-order valence-corrected chi connectivity index (χ1v) is 7.49. The van der Waals surface area contributed by atoms with E-state index in [-0.39, 0.29) is 6.10 Å². The SMILES string of the molecule is O=S1CCC(NCC2CCC(O)C2)CC1. The average molecular weight is 231 g/mol. The molecule has 0 bridgehead atoms. The molecule has 88 valence electrons. The van der Waals surface area contributed by atoms with Crippen LogP contribution in [0.3, 0.4) is 0 Å². The van der Waals surface area contributed by atoms with Crippen LogP contribution in [0.2, 0.25) is 0 Å². The van der Waals surface area contributed by atoms with Crippen LogP contribution >= 0.6 is 0 Å². The Morgan fingerprint density at radius 2 is 1.93 bits per heavy atom. The molecule has 0 radical (unpaired) electrons. The van der Waals surface area contributed by atoms with E-state index in [0.29, 0.717) is 12.0 Å². The zero-order valence-electron chi connectivity index (χ0n) is 9.15. The van der Waals surface area contributed by atoms with Gasteiger partial charge in [-0.2, -0.15) is 0 Å². The van der Waals surface area contributed by atoms with Crippen LogP contribution in [-0.4, -0.2) is 39.5 Å². The molecule has 2 rings (SSSR count). The molecule has 1 heterocycles. The second-order valence-electron chi connectivity index (χ2n) is 4.86. The quantitative estimate of drug-likeness (QED) is 0.750. The number of rotatable bonds is 3. The lowest BCUT2D eigenvalue weighted by Crippen LogP contribution is -2.38. The van der Waals surface area contributed by atoms with Crippen molar-refractivity contribution in [3.05, 3.63) is 0 Å². The second-order valence-corrected chi connectivity index (χ2v) is 6.56. The Morgan fingerprint density at radius 3 is 2.53 bits per heavy atom. The third-order valence-electron chi connectivity index (χ3n) is 3.60. The maximum Gasteiger partial charge on any atom is 0.0543 e. The first-order chi connectivity index (χ1) is 7.24. The van der Waals surface area contributed by atoms with Crippen molar-refractivity contribution >= 4 is 10.8 Å². The van der Waals surface area contributed by atoms with Gasteiger partial charge < -0.3 is 10.4 Å².